The van der Waals surface area contributed by atoms with E-state index in [1.165, 1.54) is 0 Å². The molecule has 106 valence electrons. The van der Waals surface area contributed by atoms with Crippen molar-refractivity contribution in [2.75, 3.05) is 0 Å². The summed E-state index contributed by atoms with van der Waals surface area (Å²) in [6, 6.07) is 13.3. The first kappa shape index (κ1) is 14.2. The quantitative estimate of drug-likeness (QED) is 0.618. The number of rotatable bonds is 5. The highest BCUT2D eigenvalue weighted by Crippen LogP contribution is 2.36. The molecule has 8 nitrogen and oxygen atoms in total. The van der Waals surface area contributed by atoms with Gasteiger partial charge in [0.25, 0.3) is 0 Å². The normalized spacial score (nSPS) is 10.9. The lowest BCUT2D eigenvalue weighted by atomic mass is 10.0. The standard InChI is InChI=1S/C12H12N4O4/c13-15(17)19-11-7-3-1-5-9(11)10-6-2-4-8-12(10)20-16(14)18/h1-8H,13-14H2/q-2. The number of benzene rings is 2. The first-order valence-electron chi connectivity index (χ1n) is 5.56. The van der Waals surface area contributed by atoms with Crippen LogP contribution in [0.1, 0.15) is 0 Å². The number of para-hydroxylation sites is 2. The molecule has 0 aliphatic carbocycles. The molecular weight excluding hydrogens is 264 g/mol. The summed E-state index contributed by atoms with van der Waals surface area (Å²) in [5.74, 6) is 10.3. The van der Waals surface area contributed by atoms with Crippen molar-refractivity contribution >= 4 is 0 Å². The van der Waals surface area contributed by atoms with Crippen molar-refractivity contribution in [1.29, 1.82) is 0 Å². The summed E-state index contributed by atoms with van der Waals surface area (Å²) in [5, 5.41) is 21.3. The lowest BCUT2D eigenvalue weighted by Crippen LogP contribution is -2.28. The second kappa shape index (κ2) is 6.30. The number of nitrogens with zero attached hydrogens (tertiary/aromatic N) is 2. The summed E-state index contributed by atoms with van der Waals surface area (Å²) in [7, 11) is 0. The van der Waals surface area contributed by atoms with Gasteiger partial charge in [0, 0.05) is 11.1 Å². The summed E-state index contributed by atoms with van der Waals surface area (Å²) in [6.45, 7) is 0. The summed E-state index contributed by atoms with van der Waals surface area (Å²) in [5.41, 5.74) is 1.05. The van der Waals surface area contributed by atoms with Gasteiger partial charge in [0.05, 0.1) is 0 Å². The minimum Gasteiger partial charge on any atom is -0.738 e. The Balaban J connectivity index is 2.46. The Kier molecular flexibility index (Phi) is 4.48. The van der Waals surface area contributed by atoms with Gasteiger partial charge in [-0.3, -0.25) is 0 Å². The zero-order valence-corrected chi connectivity index (χ0v) is 10.3. The monoisotopic (exact) mass is 276 g/mol. The molecule has 0 atom stereocenters. The molecular formula is C12H12N4O4-2. The van der Waals surface area contributed by atoms with Gasteiger partial charge in [0.1, 0.15) is 0 Å². The van der Waals surface area contributed by atoms with E-state index >= 15 is 0 Å². The third kappa shape index (κ3) is 3.42. The Bertz CT molecular complexity index is 525. The molecule has 0 fully saturated rings. The molecule has 4 N–H and O–H groups in total. The molecule has 0 radical (unpaired) electrons. The Labute approximate surface area is 114 Å². The van der Waals surface area contributed by atoms with E-state index in [4.69, 9.17) is 21.4 Å². The smallest absolute Gasteiger partial charge is 0.155 e. The third-order valence-corrected chi connectivity index (χ3v) is 2.44. The van der Waals surface area contributed by atoms with Crippen LogP contribution in [-0.2, 0) is 0 Å². The van der Waals surface area contributed by atoms with Gasteiger partial charge in [-0.1, -0.05) is 36.4 Å². The van der Waals surface area contributed by atoms with Crippen molar-refractivity contribution in [3.63, 3.8) is 0 Å². The van der Waals surface area contributed by atoms with E-state index < -0.39 is 0 Å². The predicted molar refractivity (Wildman–Crippen MR) is 71.9 cm³/mol. The molecule has 0 spiro atoms. The van der Waals surface area contributed by atoms with Gasteiger partial charge < -0.3 is 20.1 Å². The van der Waals surface area contributed by atoms with Crippen LogP contribution in [0.3, 0.4) is 0 Å². The van der Waals surface area contributed by atoms with E-state index in [0.29, 0.717) is 11.1 Å². The Morgan fingerprint density at radius 2 is 1.05 bits per heavy atom. The van der Waals surface area contributed by atoms with Gasteiger partial charge in [-0.15, -0.1) is 10.7 Å². The summed E-state index contributed by atoms with van der Waals surface area (Å²) < 4.78 is 0. The maximum Gasteiger partial charge on any atom is 0.155 e. The molecule has 2 aromatic rings. The van der Waals surface area contributed by atoms with Crippen LogP contribution in [0.4, 0.5) is 0 Å². The summed E-state index contributed by atoms with van der Waals surface area (Å²) in [4.78, 5) is 9.67. The minimum absolute atomic E-state index is 0.162. The van der Waals surface area contributed by atoms with Gasteiger partial charge in [0.15, 0.2) is 11.5 Å². The average Bonchev–Trinajstić information content (AvgIpc) is 2.39. The highest BCUT2D eigenvalue weighted by Gasteiger charge is 2.11. The number of hydrogen-bond donors (Lipinski definition) is 2. The van der Waals surface area contributed by atoms with Gasteiger partial charge in [-0.25, -0.2) is 11.7 Å². The van der Waals surface area contributed by atoms with Crippen LogP contribution >= 0.6 is 0 Å². The SMILES string of the molecule is NN([O-])Oc1ccccc1-c1ccccc1ON(N)[O-]. The van der Waals surface area contributed by atoms with Gasteiger partial charge in [-0.05, 0) is 12.1 Å². The highest BCUT2D eigenvalue weighted by molar-refractivity contribution is 5.75. The Morgan fingerprint density at radius 3 is 1.40 bits per heavy atom. The van der Waals surface area contributed by atoms with Crippen LogP contribution in [0, 0.1) is 10.4 Å². The molecule has 0 amide bonds. The maximum absolute atomic E-state index is 10.8. The molecule has 0 saturated carbocycles. The maximum atomic E-state index is 10.8. The topological polar surface area (TPSA) is 123 Å². The molecule has 20 heavy (non-hydrogen) atoms. The number of hydrogen-bond acceptors (Lipinski definition) is 8. The van der Waals surface area contributed by atoms with E-state index in [0.717, 1.165) is 0 Å². The molecule has 0 heterocycles. The third-order valence-electron chi connectivity index (χ3n) is 2.44. The molecule has 8 heteroatoms. The fourth-order valence-electron chi connectivity index (χ4n) is 1.73. The second-order valence-corrected chi connectivity index (χ2v) is 3.75. The number of nitrogens with two attached hydrogens (primary N) is 2. The van der Waals surface area contributed by atoms with E-state index in [1.807, 2.05) is 0 Å². The van der Waals surface area contributed by atoms with Crippen LogP contribution in [-0.4, -0.2) is 10.7 Å². The van der Waals surface area contributed by atoms with E-state index in [9.17, 15) is 10.4 Å². The second-order valence-electron chi connectivity index (χ2n) is 3.75. The molecule has 0 aliphatic heterocycles. The summed E-state index contributed by atoms with van der Waals surface area (Å²) >= 11 is 0. The van der Waals surface area contributed by atoms with Crippen molar-refractivity contribution in [3.05, 3.63) is 58.9 Å². The molecule has 0 saturated heterocycles. The van der Waals surface area contributed by atoms with E-state index in [-0.39, 0.29) is 22.2 Å². The van der Waals surface area contributed by atoms with Crippen molar-refractivity contribution in [1.82, 2.24) is 10.7 Å². The highest BCUT2D eigenvalue weighted by atomic mass is 16.9. The average molecular weight is 276 g/mol. The lowest BCUT2D eigenvalue weighted by Gasteiger charge is -2.25. The van der Waals surface area contributed by atoms with Crippen LogP contribution < -0.4 is 21.4 Å². The molecule has 2 rings (SSSR count). The van der Waals surface area contributed by atoms with Crippen molar-refractivity contribution in [2.45, 2.75) is 0 Å². The van der Waals surface area contributed by atoms with Gasteiger partial charge >= 0.3 is 0 Å². The van der Waals surface area contributed by atoms with Crippen molar-refractivity contribution in [3.8, 4) is 22.6 Å². The van der Waals surface area contributed by atoms with Crippen LogP contribution in [0.2, 0.25) is 0 Å². The van der Waals surface area contributed by atoms with Gasteiger partial charge in [-0.2, -0.15) is 0 Å². The Hall–Kier alpha value is -2.20. The van der Waals surface area contributed by atoms with Gasteiger partial charge in [0.2, 0.25) is 0 Å². The Morgan fingerprint density at radius 1 is 0.700 bits per heavy atom. The minimum atomic E-state index is -0.162. The largest absolute Gasteiger partial charge is 0.738 e. The fraction of sp³-hybridized carbons (Fsp3) is 0. The molecule has 2 aromatic carbocycles. The zero-order chi connectivity index (χ0) is 14.5. The molecule has 0 aromatic heterocycles. The lowest BCUT2D eigenvalue weighted by molar-refractivity contribution is -0.00955. The van der Waals surface area contributed by atoms with Crippen molar-refractivity contribution < 1.29 is 9.68 Å². The van der Waals surface area contributed by atoms with Crippen LogP contribution in [0.15, 0.2) is 48.5 Å². The number of hydrazine groups is 2. The first-order valence-corrected chi connectivity index (χ1v) is 5.56. The molecule has 0 unspecified atom stereocenters. The van der Waals surface area contributed by atoms with Crippen molar-refractivity contribution in [2.24, 2.45) is 11.7 Å². The van der Waals surface area contributed by atoms with Crippen LogP contribution in [0.25, 0.3) is 11.1 Å². The molecule has 0 bridgehead atoms. The fourth-order valence-corrected chi connectivity index (χ4v) is 1.73. The van der Waals surface area contributed by atoms with Crippen LogP contribution in [0.5, 0.6) is 11.5 Å². The summed E-state index contributed by atoms with van der Waals surface area (Å²) in [6.07, 6.45) is 0. The zero-order valence-electron chi connectivity index (χ0n) is 10.3. The van der Waals surface area contributed by atoms with E-state index in [2.05, 4.69) is 0 Å². The predicted octanol–water partition coefficient (Wildman–Crippen LogP) is 1.29. The first-order chi connectivity index (χ1) is 9.58. The molecule has 0 aliphatic rings. The van der Waals surface area contributed by atoms with E-state index in [1.54, 1.807) is 48.5 Å².